The van der Waals surface area contributed by atoms with Gasteiger partial charge in [0, 0.05) is 25.7 Å². The van der Waals surface area contributed by atoms with Crippen LogP contribution in [0.5, 0.6) is 0 Å². The minimum Gasteiger partial charge on any atom is -0.311 e. The Bertz CT molecular complexity index is 344. The summed E-state index contributed by atoms with van der Waals surface area (Å²) in [5, 5.41) is 3.56. The van der Waals surface area contributed by atoms with Crippen LogP contribution >= 0.6 is 0 Å². The first kappa shape index (κ1) is 14.5. The molecular weight excluding hydrogens is 232 g/mol. The molecule has 0 heterocycles. The van der Waals surface area contributed by atoms with Gasteiger partial charge in [-0.3, -0.25) is 4.90 Å². The standard InChI is InChI=1S/C17H28N2/c1-15(2)10-12-19(17-8-9-17)13-11-18-14-16-6-4-3-5-7-16/h3-7,15,17-18H,8-14H2,1-2H3. The highest BCUT2D eigenvalue weighted by Gasteiger charge is 2.28. The van der Waals surface area contributed by atoms with Crippen LogP contribution < -0.4 is 5.32 Å². The van der Waals surface area contributed by atoms with Crippen molar-refractivity contribution < 1.29 is 0 Å². The van der Waals surface area contributed by atoms with Crippen LogP contribution in [0, 0.1) is 5.92 Å². The minimum absolute atomic E-state index is 0.818. The fourth-order valence-electron chi connectivity index (χ4n) is 2.39. The average molecular weight is 260 g/mol. The third-order valence-corrected chi connectivity index (χ3v) is 3.80. The summed E-state index contributed by atoms with van der Waals surface area (Å²) in [6.45, 7) is 9.20. The summed E-state index contributed by atoms with van der Waals surface area (Å²) in [5.41, 5.74) is 1.38. The maximum atomic E-state index is 3.56. The van der Waals surface area contributed by atoms with Crippen LogP contribution in [0.1, 0.15) is 38.7 Å². The van der Waals surface area contributed by atoms with Crippen LogP contribution in [0.25, 0.3) is 0 Å². The number of nitrogens with one attached hydrogen (secondary N) is 1. The van der Waals surface area contributed by atoms with Crippen LogP contribution in [-0.4, -0.2) is 30.6 Å². The Balaban J connectivity index is 1.62. The zero-order valence-electron chi connectivity index (χ0n) is 12.4. The van der Waals surface area contributed by atoms with E-state index in [0.717, 1.165) is 25.0 Å². The van der Waals surface area contributed by atoms with Gasteiger partial charge in [-0.1, -0.05) is 44.2 Å². The Morgan fingerprint density at radius 2 is 1.89 bits per heavy atom. The molecule has 0 aliphatic heterocycles. The first-order valence-corrected chi connectivity index (χ1v) is 7.74. The molecule has 1 fully saturated rings. The third-order valence-electron chi connectivity index (χ3n) is 3.80. The van der Waals surface area contributed by atoms with Crippen molar-refractivity contribution in [3.63, 3.8) is 0 Å². The maximum absolute atomic E-state index is 3.56. The predicted molar refractivity (Wildman–Crippen MR) is 82.2 cm³/mol. The molecule has 1 N–H and O–H groups in total. The molecule has 0 saturated heterocycles. The fourth-order valence-corrected chi connectivity index (χ4v) is 2.39. The average Bonchev–Trinajstić information content (AvgIpc) is 3.23. The van der Waals surface area contributed by atoms with Crippen molar-refractivity contribution in [2.45, 2.75) is 45.7 Å². The molecule has 0 radical (unpaired) electrons. The van der Waals surface area contributed by atoms with Gasteiger partial charge in [0.15, 0.2) is 0 Å². The molecule has 0 aromatic heterocycles. The Kier molecular flexibility index (Phi) is 5.87. The lowest BCUT2D eigenvalue weighted by atomic mass is 10.1. The first-order valence-electron chi connectivity index (χ1n) is 7.74. The molecule has 0 spiro atoms. The number of hydrogen-bond acceptors (Lipinski definition) is 2. The van der Waals surface area contributed by atoms with E-state index in [1.54, 1.807) is 0 Å². The monoisotopic (exact) mass is 260 g/mol. The van der Waals surface area contributed by atoms with Crippen LogP contribution in [0.2, 0.25) is 0 Å². The van der Waals surface area contributed by atoms with E-state index in [4.69, 9.17) is 0 Å². The molecule has 1 aliphatic rings. The van der Waals surface area contributed by atoms with E-state index in [1.807, 2.05) is 0 Å². The summed E-state index contributed by atoms with van der Waals surface area (Å²) in [5.74, 6) is 0.818. The van der Waals surface area contributed by atoms with Crippen molar-refractivity contribution in [2.24, 2.45) is 5.92 Å². The van der Waals surface area contributed by atoms with Gasteiger partial charge >= 0.3 is 0 Å². The van der Waals surface area contributed by atoms with Crippen molar-refractivity contribution in [1.29, 1.82) is 0 Å². The highest BCUT2D eigenvalue weighted by molar-refractivity contribution is 5.14. The van der Waals surface area contributed by atoms with E-state index in [9.17, 15) is 0 Å². The molecule has 2 nitrogen and oxygen atoms in total. The van der Waals surface area contributed by atoms with Crippen LogP contribution in [0.15, 0.2) is 30.3 Å². The smallest absolute Gasteiger partial charge is 0.0206 e. The zero-order chi connectivity index (χ0) is 13.5. The summed E-state index contributed by atoms with van der Waals surface area (Å²) in [6.07, 6.45) is 4.16. The largest absolute Gasteiger partial charge is 0.311 e. The summed E-state index contributed by atoms with van der Waals surface area (Å²) in [6, 6.07) is 11.5. The molecule has 1 saturated carbocycles. The van der Waals surface area contributed by atoms with Crippen molar-refractivity contribution >= 4 is 0 Å². The quantitative estimate of drug-likeness (QED) is 0.685. The van der Waals surface area contributed by atoms with Gasteiger partial charge in [0.2, 0.25) is 0 Å². The summed E-state index contributed by atoms with van der Waals surface area (Å²) >= 11 is 0. The second-order valence-electron chi connectivity index (χ2n) is 6.11. The van der Waals surface area contributed by atoms with E-state index < -0.39 is 0 Å². The summed E-state index contributed by atoms with van der Waals surface area (Å²) < 4.78 is 0. The summed E-state index contributed by atoms with van der Waals surface area (Å²) in [7, 11) is 0. The van der Waals surface area contributed by atoms with Gasteiger partial charge in [-0.25, -0.2) is 0 Å². The Morgan fingerprint density at radius 3 is 2.53 bits per heavy atom. The predicted octanol–water partition coefficient (Wildman–Crippen LogP) is 3.29. The van der Waals surface area contributed by atoms with Gasteiger partial charge in [0.25, 0.3) is 0 Å². The molecule has 1 aliphatic carbocycles. The van der Waals surface area contributed by atoms with Gasteiger partial charge < -0.3 is 5.32 Å². The van der Waals surface area contributed by atoms with Crippen molar-refractivity contribution in [3.8, 4) is 0 Å². The van der Waals surface area contributed by atoms with Gasteiger partial charge in [-0.05, 0) is 37.3 Å². The van der Waals surface area contributed by atoms with Crippen molar-refractivity contribution in [3.05, 3.63) is 35.9 Å². The topological polar surface area (TPSA) is 15.3 Å². The molecule has 0 unspecified atom stereocenters. The van der Waals surface area contributed by atoms with Gasteiger partial charge in [-0.15, -0.1) is 0 Å². The lowest BCUT2D eigenvalue weighted by molar-refractivity contribution is 0.247. The molecule has 1 aromatic rings. The SMILES string of the molecule is CC(C)CCN(CCNCc1ccccc1)C1CC1. The van der Waals surface area contributed by atoms with Gasteiger partial charge in [0.1, 0.15) is 0 Å². The van der Waals surface area contributed by atoms with Crippen LogP contribution in [0.3, 0.4) is 0 Å². The van der Waals surface area contributed by atoms with E-state index in [0.29, 0.717) is 0 Å². The molecule has 0 bridgehead atoms. The maximum Gasteiger partial charge on any atom is 0.0206 e. The van der Waals surface area contributed by atoms with E-state index in [2.05, 4.69) is 54.4 Å². The molecule has 0 atom stereocenters. The number of nitrogens with zero attached hydrogens (tertiary/aromatic N) is 1. The highest BCUT2D eigenvalue weighted by Crippen LogP contribution is 2.26. The number of benzene rings is 1. The third kappa shape index (κ3) is 5.75. The number of hydrogen-bond donors (Lipinski definition) is 1. The molecule has 2 heteroatoms. The first-order chi connectivity index (χ1) is 9.25. The van der Waals surface area contributed by atoms with Crippen molar-refractivity contribution in [2.75, 3.05) is 19.6 Å². The molecule has 0 amide bonds. The van der Waals surface area contributed by atoms with E-state index >= 15 is 0 Å². The molecule has 106 valence electrons. The fraction of sp³-hybridized carbons (Fsp3) is 0.647. The van der Waals surface area contributed by atoms with Crippen LogP contribution in [0.4, 0.5) is 0 Å². The van der Waals surface area contributed by atoms with Gasteiger partial charge in [0.05, 0.1) is 0 Å². The zero-order valence-corrected chi connectivity index (χ0v) is 12.4. The lowest BCUT2D eigenvalue weighted by Gasteiger charge is -2.23. The highest BCUT2D eigenvalue weighted by atomic mass is 15.2. The summed E-state index contributed by atoms with van der Waals surface area (Å²) in [4.78, 5) is 2.68. The Hall–Kier alpha value is -0.860. The molecule has 19 heavy (non-hydrogen) atoms. The van der Waals surface area contributed by atoms with Gasteiger partial charge in [-0.2, -0.15) is 0 Å². The van der Waals surface area contributed by atoms with Crippen molar-refractivity contribution in [1.82, 2.24) is 10.2 Å². The Morgan fingerprint density at radius 1 is 1.16 bits per heavy atom. The molecule has 2 rings (SSSR count). The molecular formula is C17H28N2. The second kappa shape index (κ2) is 7.66. The van der Waals surface area contributed by atoms with E-state index in [-0.39, 0.29) is 0 Å². The van der Waals surface area contributed by atoms with E-state index in [1.165, 1.54) is 37.9 Å². The van der Waals surface area contributed by atoms with Crippen LogP contribution in [-0.2, 0) is 6.54 Å². The number of rotatable bonds is 9. The normalized spacial score (nSPS) is 15.4. The Labute approximate surface area is 118 Å². The molecule has 1 aromatic carbocycles. The lowest BCUT2D eigenvalue weighted by Crippen LogP contribution is -2.34. The second-order valence-corrected chi connectivity index (χ2v) is 6.11. The minimum atomic E-state index is 0.818.